The minimum atomic E-state index is -0.669. The van der Waals surface area contributed by atoms with E-state index in [4.69, 9.17) is 20.9 Å². The van der Waals surface area contributed by atoms with Gasteiger partial charge in [0.2, 0.25) is 23.7 Å². The van der Waals surface area contributed by atoms with Crippen LogP contribution in [-0.2, 0) is 26.2 Å². The van der Waals surface area contributed by atoms with Crippen LogP contribution < -0.4 is 31.6 Å². The van der Waals surface area contributed by atoms with Crippen LogP contribution in [0.1, 0.15) is 73.3 Å². The second-order valence-electron chi connectivity index (χ2n) is 12.9. The first-order valence-corrected chi connectivity index (χ1v) is 18.5. The maximum Gasteiger partial charge on any atom is 0.276 e. The van der Waals surface area contributed by atoms with Crippen LogP contribution in [0.15, 0.2) is 48.6 Å². The van der Waals surface area contributed by atoms with Crippen molar-refractivity contribution in [1.82, 2.24) is 38.7 Å². The van der Waals surface area contributed by atoms with E-state index in [1.54, 1.807) is 52.2 Å². The van der Waals surface area contributed by atoms with E-state index in [9.17, 15) is 24.3 Å². The molecule has 3 amide bonds. The molecule has 0 unspecified atom stereocenters. The topological polar surface area (TPSA) is 254 Å². The first-order valence-electron chi connectivity index (χ1n) is 18.5. The number of imidazole rings is 2. The van der Waals surface area contributed by atoms with E-state index in [1.165, 1.54) is 19.2 Å². The number of nitrogens with two attached hydrogens (primary N) is 2. The smallest absolute Gasteiger partial charge is 0.276 e. The molecule has 4 heterocycles. The fourth-order valence-electron chi connectivity index (χ4n) is 6.31. The summed E-state index contributed by atoms with van der Waals surface area (Å²) in [6, 6.07) is 9.71. The van der Waals surface area contributed by atoms with E-state index < -0.39 is 17.7 Å². The number of aliphatic hydroxyl groups excluding tert-OH is 1. The molecule has 0 fully saturated rings. The van der Waals surface area contributed by atoms with Gasteiger partial charge in [0.25, 0.3) is 5.91 Å². The maximum absolute atomic E-state index is 13.5. The summed E-state index contributed by atoms with van der Waals surface area (Å²) in [5, 5.41) is 23.8. The maximum atomic E-state index is 13.5. The van der Waals surface area contributed by atoms with Gasteiger partial charge in [0.15, 0.2) is 6.29 Å². The number of carbonyl (C=O) groups excluding carboxylic acids is 4. The summed E-state index contributed by atoms with van der Waals surface area (Å²) in [4.78, 5) is 57.1. The SMILES string of the molecule is CCn1nc(C)cc1C(=O)Nc1nc2cc(C(N)=O)cc(OCCCO)c2n1C/C=C/Cn1c(NC)nc2cc(C(N)=O)cc(OC)c21.CCn1nc(C)cc1C=O. The number of amides is 3. The van der Waals surface area contributed by atoms with Crippen molar-refractivity contribution in [3.63, 3.8) is 0 Å². The molecule has 0 aliphatic carbocycles. The highest BCUT2D eigenvalue weighted by atomic mass is 16.5. The van der Waals surface area contributed by atoms with Crippen molar-refractivity contribution < 1.29 is 33.8 Å². The van der Waals surface area contributed by atoms with E-state index in [0.29, 0.717) is 76.1 Å². The Balaban J connectivity index is 0.000000559. The zero-order valence-electron chi connectivity index (χ0n) is 33.3. The molecule has 4 aromatic heterocycles. The monoisotopic (exact) mass is 796 g/mol. The number of hydrogen-bond acceptors (Lipinski definition) is 12. The van der Waals surface area contributed by atoms with Gasteiger partial charge in [-0.25, -0.2) is 9.97 Å². The zero-order valence-corrected chi connectivity index (χ0v) is 33.3. The van der Waals surface area contributed by atoms with Crippen LogP contribution >= 0.6 is 0 Å². The van der Waals surface area contributed by atoms with Crippen molar-refractivity contribution >= 4 is 58.0 Å². The predicted molar refractivity (Wildman–Crippen MR) is 218 cm³/mol. The number of aldehydes is 1. The first-order chi connectivity index (χ1) is 27.9. The number of methoxy groups -OCH3 is 1. The number of aliphatic hydroxyl groups is 1. The lowest BCUT2D eigenvalue weighted by Crippen LogP contribution is -2.20. The molecule has 0 radical (unpaired) electrons. The highest BCUT2D eigenvalue weighted by molar-refractivity contribution is 6.04. The van der Waals surface area contributed by atoms with E-state index in [0.717, 1.165) is 18.5 Å². The third kappa shape index (κ3) is 9.15. The van der Waals surface area contributed by atoms with E-state index in [-0.39, 0.29) is 36.8 Å². The van der Waals surface area contributed by atoms with Crippen LogP contribution in [0.4, 0.5) is 11.9 Å². The average Bonchev–Trinajstić information content (AvgIpc) is 3.98. The minimum absolute atomic E-state index is 0.0847. The summed E-state index contributed by atoms with van der Waals surface area (Å²) in [6.07, 6.45) is 4.97. The lowest BCUT2D eigenvalue weighted by atomic mass is 10.1. The van der Waals surface area contributed by atoms with Crippen molar-refractivity contribution in [3.05, 3.63) is 82.5 Å². The van der Waals surface area contributed by atoms with Crippen molar-refractivity contribution in [2.75, 3.05) is 38.0 Å². The number of fused-ring (bicyclic) bond motifs is 2. The number of ether oxygens (including phenoxy) is 2. The van der Waals surface area contributed by atoms with E-state index in [2.05, 4.69) is 30.8 Å². The number of rotatable bonds is 17. The van der Waals surface area contributed by atoms with Gasteiger partial charge in [-0.05, 0) is 64.1 Å². The van der Waals surface area contributed by atoms with Gasteiger partial charge >= 0.3 is 0 Å². The van der Waals surface area contributed by atoms with Gasteiger partial charge in [0.1, 0.15) is 33.9 Å². The number of primary amides is 2. The lowest BCUT2D eigenvalue weighted by molar-refractivity contribution is 0.0991. The molecule has 0 spiro atoms. The number of aryl methyl sites for hydroxylation is 4. The van der Waals surface area contributed by atoms with Crippen LogP contribution in [0, 0.1) is 13.8 Å². The number of nitrogens with zero attached hydrogens (tertiary/aromatic N) is 8. The Morgan fingerprint density at radius 2 is 1.36 bits per heavy atom. The molecule has 0 saturated carbocycles. The van der Waals surface area contributed by atoms with Gasteiger partial charge < -0.3 is 40.5 Å². The lowest BCUT2D eigenvalue weighted by Gasteiger charge is -2.13. The quantitative estimate of drug-likeness (QED) is 0.0506. The second-order valence-corrected chi connectivity index (χ2v) is 12.9. The summed E-state index contributed by atoms with van der Waals surface area (Å²) < 4.78 is 18.5. The first kappa shape index (κ1) is 42.1. The molecule has 0 aliphatic heterocycles. The molecular formula is C39H48N12O7. The van der Waals surface area contributed by atoms with E-state index >= 15 is 0 Å². The average molecular weight is 797 g/mol. The number of benzene rings is 2. The molecule has 0 atom stereocenters. The van der Waals surface area contributed by atoms with Gasteiger partial charge in [-0.15, -0.1) is 0 Å². The summed E-state index contributed by atoms with van der Waals surface area (Å²) in [5.41, 5.74) is 16.3. The number of nitrogens with one attached hydrogen (secondary N) is 2. The molecule has 0 aliphatic rings. The molecule has 19 nitrogen and oxygen atoms in total. The standard InChI is InChI=1S/C32H38N10O6.C7H10N2O/c1-5-42-23(13-18(2)39-42)30(46)38-32-37-22-15-20(29(34)45)17-25(48-12-8-11-43)27(22)41(32)10-7-6-9-40-26-21(36-31(40)35-3)14-19(28(33)44)16-24(26)47-4;1-3-9-7(5-10)4-6(2)8-9/h6-7,13-17,43H,5,8-12H2,1-4H3,(H2,33,44)(H2,34,45)(H,35,36)(H,37,38,46);4-5H,3H2,1-2H3/b7-6+;. The summed E-state index contributed by atoms with van der Waals surface area (Å²) in [7, 11) is 3.24. The van der Waals surface area contributed by atoms with Gasteiger partial charge in [0.05, 0.1) is 36.1 Å². The molecule has 6 rings (SSSR count). The third-order valence-electron chi connectivity index (χ3n) is 8.94. The Morgan fingerprint density at radius 3 is 1.90 bits per heavy atom. The number of hydrogen-bond donors (Lipinski definition) is 5. The molecule has 6 aromatic rings. The van der Waals surface area contributed by atoms with Gasteiger partial charge in [-0.2, -0.15) is 10.2 Å². The Morgan fingerprint density at radius 1 is 0.810 bits per heavy atom. The molecule has 0 bridgehead atoms. The van der Waals surface area contributed by atoms with Crippen molar-refractivity contribution in [1.29, 1.82) is 0 Å². The largest absolute Gasteiger partial charge is 0.494 e. The van der Waals surface area contributed by atoms with Gasteiger partial charge in [0, 0.05) is 57.4 Å². The molecule has 7 N–H and O–H groups in total. The Bertz CT molecular complexity index is 2490. The van der Waals surface area contributed by atoms with Crippen LogP contribution in [0.3, 0.4) is 0 Å². The normalized spacial score (nSPS) is 11.2. The minimum Gasteiger partial charge on any atom is -0.494 e. The van der Waals surface area contributed by atoms with Crippen LogP contribution in [-0.4, -0.2) is 95.1 Å². The van der Waals surface area contributed by atoms with E-state index in [1.807, 2.05) is 37.5 Å². The van der Waals surface area contributed by atoms with Gasteiger partial charge in [-0.3, -0.25) is 33.9 Å². The number of aromatic nitrogens is 8. The van der Waals surface area contributed by atoms with Gasteiger partial charge in [-0.1, -0.05) is 12.2 Å². The molecule has 306 valence electrons. The number of carbonyl (C=O) groups is 4. The zero-order chi connectivity index (χ0) is 42.1. The summed E-state index contributed by atoms with van der Waals surface area (Å²) in [5.74, 6) is -0.178. The van der Waals surface area contributed by atoms with Crippen molar-refractivity contribution in [2.24, 2.45) is 11.5 Å². The summed E-state index contributed by atoms with van der Waals surface area (Å²) >= 11 is 0. The molecule has 2 aromatic carbocycles. The Hall–Kier alpha value is -7.02. The summed E-state index contributed by atoms with van der Waals surface area (Å²) in [6.45, 7) is 9.44. The number of allylic oxidation sites excluding steroid dienone is 2. The second kappa shape index (κ2) is 18.7. The predicted octanol–water partition coefficient (Wildman–Crippen LogP) is 3.45. The van der Waals surface area contributed by atoms with Crippen molar-refractivity contribution in [2.45, 2.75) is 60.3 Å². The fourth-order valence-corrected chi connectivity index (χ4v) is 6.31. The van der Waals surface area contributed by atoms with Crippen LogP contribution in [0.5, 0.6) is 11.5 Å². The Labute approximate surface area is 333 Å². The fraction of sp³-hybridized carbons (Fsp3) is 0.333. The Kier molecular flexibility index (Phi) is 13.6. The third-order valence-corrected chi connectivity index (χ3v) is 8.94. The van der Waals surface area contributed by atoms with Crippen LogP contribution in [0.2, 0.25) is 0 Å². The highest BCUT2D eigenvalue weighted by Gasteiger charge is 2.22. The molecule has 58 heavy (non-hydrogen) atoms. The molecule has 19 heteroatoms. The highest BCUT2D eigenvalue weighted by Crippen LogP contribution is 2.33. The molecule has 0 saturated heterocycles. The van der Waals surface area contributed by atoms with Crippen molar-refractivity contribution in [3.8, 4) is 11.5 Å². The molecular weight excluding hydrogens is 749 g/mol. The number of anilines is 2. The van der Waals surface area contributed by atoms with Crippen LogP contribution in [0.25, 0.3) is 22.1 Å².